The maximum absolute atomic E-state index is 14.3. The molecule has 1 aromatic carbocycles. The van der Waals surface area contributed by atoms with Crippen molar-refractivity contribution < 1.29 is 22.8 Å². The van der Waals surface area contributed by atoms with E-state index in [0.29, 0.717) is 42.3 Å². The number of aryl methyl sites for hydroxylation is 2. The minimum atomic E-state index is -0.985. The van der Waals surface area contributed by atoms with E-state index in [1.165, 1.54) is 16.0 Å². The van der Waals surface area contributed by atoms with Crippen LogP contribution >= 0.6 is 11.3 Å². The van der Waals surface area contributed by atoms with Crippen LogP contribution in [0.4, 0.5) is 13.2 Å². The number of nitrogens with zero attached hydrogens (tertiary/aromatic N) is 7. The Morgan fingerprint density at radius 3 is 2.36 bits per heavy atom. The summed E-state index contributed by atoms with van der Waals surface area (Å²) >= 11 is 1.34. The number of hydrogen-bond acceptors (Lipinski definition) is 7. The summed E-state index contributed by atoms with van der Waals surface area (Å²) in [5.74, 6) is -3.41. The van der Waals surface area contributed by atoms with Crippen molar-refractivity contribution in [2.45, 2.75) is 65.3 Å². The number of carbonyl (C=O) groups excluding carboxylic acids is 2. The van der Waals surface area contributed by atoms with Gasteiger partial charge in [0.1, 0.15) is 28.3 Å². The minimum absolute atomic E-state index is 0.0340. The zero-order valence-electron chi connectivity index (χ0n) is 24.2. The first-order valence-electron chi connectivity index (χ1n) is 13.7. The smallest absolute Gasteiger partial charge is 0.262 e. The highest BCUT2D eigenvalue weighted by molar-refractivity contribution is 7.20. The Labute approximate surface area is 245 Å². The molecule has 14 heteroatoms. The Kier molecular flexibility index (Phi) is 8.12. The van der Waals surface area contributed by atoms with Gasteiger partial charge < -0.3 is 10.2 Å². The summed E-state index contributed by atoms with van der Waals surface area (Å²) in [6.07, 6.45) is 1.62. The van der Waals surface area contributed by atoms with Gasteiger partial charge in [0, 0.05) is 61.8 Å². The fourth-order valence-electron chi connectivity index (χ4n) is 5.62. The molecule has 3 aromatic heterocycles. The number of fused-ring (bicyclic) bond motifs is 1. The third-order valence-electron chi connectivity index (χ3n) is 7.81. The molecule has 0 radical (unpaired) electrons. The second-order valence-electron chi connectivity index (χ2n) is 11.0. The van der Waals surface area contributed by atoms with E-state index in [2.05, 4.69) is 25.6 Å². The van der Waals surface area contributed by atoms with E-state index in [1.54, 1.807) is 35.7 Å². The number of benzene rings is 1. The molecule has 2 amide bonds. The molecule has 4 heterocycles. The van der Waals surface area contributed by atoms with Crippen LogP contribution in [0.2, 0.25) is 0 Å². The van der Waals surface area contributed by atoms with Crippen molar-refractivity contribution in [3.8, 4) is 0 Å². The average Bonchev–Trinajstić information content (AvgIpc) is 3.62. The predicted molar refractivity (Wildman–Crippen MR) is 151 cm³/mol. The van der Waals surface area contributed by atoms with Gasteiger partial charge in [-0.3, -0.25) is 19.2 Å². The number of carbonyl (C=O) groups is 2. The fraction of sp³-hybridized carbons (Fsp3) is 0.464. The van der Waals surface area contributed by atoms with Crippen molar-refractivity contribution in [2.24, 2.45) is 7.05 Å². The number of aromatic nitrogens is 5. The summed E-state index contributed by atoms with van der Waals surface area (Å²) in [7, 11) is 1.83. The van der Waals surface area contributed by atoms with Crippen molar-refractivity contribution in [3.63, 3.8) is 0 Å². The fourth-order valence-corrected chi connectivity index (χ4v) is 6.64. The molecule has 224 valence electrons. The molecule has 1 unspecified atom stereocenters. The van der Waals surface area contributed by atoms with Gasteiger partial charge in [-0.25, -0.2) is 17.9 Å². The quantitative estimate of drug-likeness (QED) is 0.346. The first-order chi connectivity index (χ1) is 19.8. The lowest BCUT2D eigenvalue weighted by molar-refractivity contribution is -0.137. The zero-order valence-corrected chi connectivity index (χ0v) is 25.0. The van der Waals surface area contributed by atoms with Crippen LogP contribution in [0.25, 0.3) is 10.2 Å². The van der Waals surface area contributed by atoms with E-state index in [0.717, 1.165) is 15.9 Å². The molecule has 42 heavy (non-hydrogen) atoms. The van der Waals surface area contributed by atoms with Crippen LogP contribution in [0.5, 0.6) is 0 Å². The molecule has 1 fully saturated rings. The average molecular weight is 603 g/mol. The Morgan fingerprint density at radius 2 is 1.74 bits per heavy atom. The van der Waals surface area contributed by atoms with Gasteiger partial charge in [-0.15, -0.1) is 16.4 Å². The van der Waals surface area contributed by atoms with Crippen molar-refractivity contribution in [1.82, 2.24) is 39.9 Å². The van der Waals surface area contributed by atoms with E-state index < -0.39 is 29.5 Å². The van der Waals surface area contributed by atoms with E-state index >= 15 is 0 Å². The van der Waals surface area contributed by atoms with Crippen molar-refractivity contribution >= 4 is 33.4 Å². The summed E-state index contributed by atoms with van der Waals surface area (Å²) in [6.45, 7) is 10.5. The number of rotatable bonds is 7. The van der Waals surface area contributed by atoms with Crippen LogP contribution in [-0.4, -0.2) is 77.6 Å². The van der Waals surface area contributed by atoms with Gasteiger partial charge in [-0.1, -0.05) is 5.21 Å². The molecule has 1 aliphatic rings. The summed E-state index contributed by atoms with van der Waals surface area (Å²) in [4.78, 5) is 31.6. The summed E-state index contributed by atoms with van der Waals surface area (Å²) < 4.78 is 45.0. The lowest BCUT2D eigenvalue weighted by Crippen LogP contribution is -2.60. The third kappa shape index (κ3) is 5.64. The number of piperazine rings is 1. The first-order valence-corrected chi connectivity index (χ1v) is 14.5. The van der Waals surface area contributed by atoms with Crippen LogP contribution in [-0.2, 0) is 18.4 Å². The van der Waals surface area contributed by atoms with Gasteiger partial charge in [0.05, 0.1) is 28.5 Å². The highest BCUT2D eigenvalue weighted by Crippen LogP contribution is 2.28. The van der Waals surface area contributed by atoms with Gasteiger partial charge in [0.2, 0.25) is 5.91 Å². The van der Waals surface area contributed by atoms with Crippen molar-refractivity contribution in [3.05, 3.63) is 63.7 Å². The van der Waals surface area contributed by atoms with Crippen LogP contribution in [0, 0.1) is 24.4 Å². The SMILES string of the molecule is Cc1nn(C)c2sc(C(=O)NC(C)C(=O)N3C[C@@H](C)N(Cc4cn([C@H](C)c5c(F)cc(F)cc5F)nn4)[C@@H](C)C3)cc12. The molecule has 1 saturated heterocycles. The van der Waals surface area contributed by atoms with Gasteiger partial charge in [0.15, 0.2) is 0 Å². The van der Waals surface area contributed by atoms with E-state index in [-0.39, 0.29) is 29.5 Å². The van der Waals surface area contributed by atoms with Crippen molar-refractivity contribution in [1.29, 1.82) is 0 Å². The monoisotopic (exact) mass is 602 g/mol. The molecule has 1 aliphatic heterocycles. The predicted octanol–water partition coefficient (Wildman–Crippen LogP) is 3.80. The second kappa shape index (κ2) is 11.5. The van der Waals surface area contributed by atoms with E-state index in [4.69, 9.17) is 0 Å². The molecular weight excluding hydrogens is 569 g/mol. The Morgan fingerprint density at radius 1 is 1.10 bits per heavy atom. The third-order valence-corrected chi connectivity index (χ3v) is 9.01. The number of nitrogens with one attached hydrogen (secondary N) is 1. The highest BCUT2D eigenvalue weighted by atomic mass is 32.1. The number of hydrogen-bond donors (Lipinski definition) is 1. The van der Waals surface area contributed by atoms with E-state index in [9.17, 15) is 22.8 Å². The molecule has 0 spiro atoms. The first kappa shape index (κ1) is 29.7. The molecule has 0 saturated carbocycles. The Balaban J connectivity index is 1.20. The van der Waals surface area contributed by atoms with Crippen LogP contribution < -0.4 is 5.32 Å². The number of halogens is 3. The highest BCUT2D eigenvalue weighted by Gasteiger charge is 2.34. The van der Waals surface area contributed by atoms with Gasteiger partial charge in [-0.2, -0.15) is 5.10 Å². The van der Waals surface area contributed by atoms with Gasteiger partial charge in [0.25, 0.3) is 5.91 Å². The minimum Gasteiger partial charge on any atom is -0.340 e. The molecular formula is C28H33F3N8O2S. The Hall–Kier alpha value is -3.78. The van der Waals surface area contributed by atoms with Crippen LogP contribution in [0.1, 0.15) is 60.4 Å². The molecule has 5 rings (SSSR count). The Bertz CT molecular complexity index is 1580. The molecule has 1 N–H and O–H groups in total. The molecule has 0 bridgehead atoms. The lowest BCUT2D eigenvalue weighted by atomic mass is 10.1. The number of amides is 2. The maximum Gasteiger partial charge on any atom is 0.262 e. The maximum atomic E-state index is 14.3. The second-order valence-corrected chi connectivity index (χ2v) is 12.0. The summed E-state index contributed by atoms with van der Waals surface area (Å²) in [6, 6.07) is 1.49. The van der Waals surface area contributed by atoms with Gasteiger partial charge >= 0.3 is 0 Å². The van der Waals surface area contributed by atoms with E-state index in [1.807, 2.05) is 27.8 Å². The number of thiophene rings is 1. The molecule has 4 aromatic rings. The standard InChI is InChI=1S/C28H33F3N8O2S/c1-14-10-37(27(41)17(4)32-26(40)24-9-21-16(3)34-36(6)28(21)42-24)11-15(2)38(14)12-20-13-39(35-33-20)18(5)25-22(30)7-19(29)8-23(25)31/h7-9,13-15,17-18H,10-12H2,1-6H3,(H,32,40)/t14-,15+,17?,18-/m1/s1. The van der Waals surface area contributed by atoms with Crippen LogP contribution in [0.3, 0.4) is 0 Å². The molecule has 10 nitrogen and oxygen atoms in total. The van der Waals surface area contributed by atoms with Crippen molar-refractivity contribution in [2.75, 3.05) is 13.1 Å². The molecule has 4 atom stereocenters. The molecule has 0 aliphatic carbocycles. The summed E-state index contributed by atoms with van der Waals surface area (Å²) in [5.41, 5.74) is 1.15. The van der Waals surface area contributed by atoms with Gasteiger partial charge in [-0.05, 0) is 40.7 Å². The lowest BCUT2D eigenvalue weighted by Gasteiger charge is -2.44. The summed E-state index contributed by atoms with van der Waals surface area (Å²) in [5, 5.41) is 16.4. The topological polar surface area (TPSA) is 101 Å². The largest absolute Gasteiger partial charge is 0.340 e. The van der Waals surface area contributed by atoms with Crippen LogP contribution in [0.15, 0.2) is 24.4 Å². The zero-order chi connectivity index (χ0) is 30.5. The normalized spacial score (nSPS) is 19.3.